The van der Waals surface area contributed by atoms with Crippen LogP contribution in [0.15, 0.2) is 59.5 Å². The fraction of sp³-hybridized carbons (Fsp3) is 0.375. The van der Waals surface area contributed by atoms with Crippen molar-refractivity contribution in [2.45, 2.75) is 50.6 Å². The standard InChI is InChI=1S/C24H29N3O5S/c1-17(22(29)25-24(2,3)4)26(15-14-18-10-6-5-7-11-18)21(28)16-27-23(30)19-12-8-9-13-20(19)33(27,31)32/h5-13,17H,14-16H2,1-4H3,(H,25,29)/t17-/m1/s1. The lowest BCUT2D eigenvalue weighted by Crippen LogP contribution is -2.55. The largest absolute Gasteiger partial charge is 0.350 e. The summed E-state index contributed by atoms with van der Waals surface area (Å²) >= 11 is 0. The summed E-state index contributed by atoms with van der Waals surface area (Å²) in [6.07, 6.45) is 0.473. The van der Waals surface area contributed by atoms with Crippen LogP contribution in [0.25, 0.3) is 0 Å². The molecular formula is C24H29N3O5S. The van der Waals surface area contributed by atoms with Crippen molar-refractivity contribution in [1.82, 2.24) is 14.5 Å². The SMILES string of the molecule is C[C@H](C(=O)NC(C)(C)C)N(CCc1ccccc1)C(=O)CN1C(=O)c2ccccc2S1(=O)=O. The monoisotopic (exact) mass is 471 g/mol. The van der Waals surface area contributed by atoms with Crippen molar-refractivity contribution in [3.8, 4) is 0 Å². The van der Waals surface area contributed by atoms with Gasteiger partial charge in [-0.05, 0) is 51.8 Å². The van der Waals surface area contributed by atoms with Crippen LogP contribution in [0.2, 0.25) is 0 Å². The molecule has 0 aromatic heterocycles. The quantitative estimate of drug-likeness (QED) is 0.667. The highest BCUT2D eigenvalue weighted by atomic mass is 32.2. The maximum absolute atomic E-state index is 13.3. The molecule has 0 saturated carbocycles. The molecular weight excluding hydrogens is 442 g/mol. The molecule has 0 bridgehead atoms. The Hall–Kier alpha value is -3.20. The maximum atomic E-state index is 13.3. The van der Waals surface area contributed by atoms with E-state index < -0.39 is 40.0 Å². The van der Waals surface area contributed by atoms with Crippen LogP contribution >= 0.6 is 0 Å². The fourth-order valence-corrected chi connectivity index (χ4v) is 5.16. The first kappa shape index (κ1) is 24.4. The first-order valence-electron chi connectivity index (χ1n) is 10.7. The molecule has 3 amide bonds. The van der Waals surface area contributed by atoms with Gasteiger partial charge in [0, 0.05) is 12.1 Å². The van der Waals surface area contributed by atoms with Crippen molar-refractivity contribution < 1.29 is 22.8 Å². The number of carbonyl (C=O) groups is 3. The van der Waals surface area contributed by atoms with E-state index in [0.717, 1.165) is 5.56 Å². The fourth-order valence-electron chi connectivity index (χ4n) is 3.65. The lowest BCUT2D eigenvalue weighted by Gasteiger charge is -2.32. The molecule has 0 fully saturated rings. The van der Waals surface area contributed by atoms with Crippen molar-refractivity contribution in [3.05, 3.63) is 65.7 Å². The molecule has 1 aliphatic rings. The average Bonchev–Trinajstić information content (AvgIpc) is 2.94. The van der Waals surface area contributed by atoms with Gasteiger partial charge in [0.25, 0.3) is 15.9 Å². The number of benzene rings is 2. The van der Waals surface area contributed by atoms with Gasteiger partial charge in [-0.3, -0.25) is 14.4 Å². The van der Waals surface area contributed by atoms with E-state index in [-0.39, 0.29) is 22.9 Å². The zero-order chi connectivity index (χ0) is 24.4. The molecule has 2 aromatic rings. The lowest BCUT2D eigenvalue weighted by molar-refractivity contribution is -0.140. The average molecular weight is 472 g/mol. The van der Waals surface area contributed by atoms with Crippen LogP contribution in [0.4, 0.5) is 0 Å². The van der Waals surface area contributed by atoms with E-state index in [1.54, 1.807) is 13.0 Å². The van der Waals surface area contributed by atoms with Gasteiger partial charge in [-0.15, -0.1) is 0 Å². The van der Waals surface area contributed by atoms with Gasteiger partial charge in [0.2, 0.25) is 11.8 Å². The molecule has 8 nitrogen and oxygen atoms in total. The predicted molar refractivity (Wildman–Crippen MR) is 124 cm³/mol. The molecule has 0 saturated heterocycles. The van der Waals surface area contributed by atoms with Crippen molar-refractivity contribution in [2.75, 3.05) is 13.1 Å². The summed E-state index contributed by atoms with van der Waals surface area (Å²) in [5, 5.41) is 2.85. The van der Waals surface area contributed by atoms with Crippen LogP contribution < -0.4 is 5.32 Å². The summed E-state index contributed by atoms with van der Waals surface area (Å²) in [6.45, 7) is 6.62. The molecule has 0 spiro atoms. The summed E-state index contributed by atoms with van der Waals surface area (Å²) in [4.78, 5) is 40.1. The van der Waals surface area contributed by atoms with E-state index in [1.165, 1.54) is 23.1 Å². The van der Waals surface area contributed by atoms with Gasteiger partial charge in [0.05, 0.1) is 5.56 Å². The zero-order valence-corrected chi connectivity index (χ0v) is 20.1. The van der Waals surface area contributed by atoms with Crippen molar-refractivity contribution in [3.63, 3.8) is 0 Å². The van der Waals surface area contributed by atoms with Crippen molar-refractivity contribution in [1.29, 1.82) is 0 Å². The van der Waals surface area contributed by atoms with Gasteiger partial charge in [0.15, 0.2) is 0 Å². The number of amides is 3. The number of sulfonamides is 1. The summed E-state index contributed by atoms with van der Waals surface area (Å²) < 4.78 is 26.3. The molecule has 2 aromatic carbocycles. The number of carbonyl (C=O) groups excluding carboxylic acids is 3. The van der Waals surface area contributed by atoms with Gasteiger partial charge >= 0.3 is 0 Å². The number of hydrogen-bond donors (Lipinski definition) is 1. The maximum Gasteiger partial charge on any atom is 0.269 e. The first-order valence-corrected chi connectivity index (χ1v) is 12.2. The third kappa shape index (κ3) is 5.42. The second-order valence-electron chi connectivity index (χ2n) is 9.05. The number of nitrogens with one attached hydrogen (secondary N) is 1. The smallest absolute Gasteiger partial charge is 0.269 e. The third-order valence-electron chi connectivity index (χ3n) is 5.34. The number of rotatable bonds is 7. The van der Waals surface area contributed by atoms with Crippen molar-refractivity contribution in [2.24, 2.45) is 0 Å². The Labute approximate surface area is 194 Å². The Bertz CT molecular complexity index is 1160. The summed E-state index contributed by atoms with van der Waals surface area (Å²) in [6, 6.07) is 14.5. The molecule has 0 aliphatic carbocycles. The predicted octanol–water partition coefficient (Wildman–Crippen LogP) is 2.21. The van der Waals surface area contributed by atoms with E-state index in [0.29, 0.717) is 10.7 Å². The Morgan fingerprint density at radius 3 is 2.24 bits per heavy atom. The first-order chi connectivity index (χ1) is 15.4. The minimum Gasteiger partial charge on any atom is -0.350 e. The van der Waals surface area contributed by atoms with Crippen molar-refractivity contribution >= 4 is 27.7 Å². The van der Waals surface area contributed by atoms with Crippen LogP contribution in [0.1, 0.15) is 43.6 Å². The zero-order valence-electron chi connectivity index (χ0n) is 19.2. The highest BCUT2D eigenvalue weighted by Crippen LogP contribution is 2.29. The molecule has 0 radical (unpaired) electrons. The Balaban J connectivity index is 1.84. The van der Waals surface area contributed by atoms with E-state index in [2.05, 4.69) is 5.32 Å². The van der Waals surface area contributed by atoms with E-state index in [4.69, 9.17) is 0 Å². The van der Waals surface area contributed by atoms with Crippen LogP contribution in [0, 0.1) is 0 Å². The minimum atomic E-state index is -4.13. The van der Waals surface area contributed by atoms with Crippen LogP contribution in [-0.4, -0.2) is 60.0 Å². The molecule has 9 heteroatoms. The van der Waals surface area contributed by atoms with Gasteiger partial charge in [-0.25, -0.2) is 12.7 Å². The Morgan fingerprint density at radius 1 is 1.03 bits per heavy atom. The molecule has 0 unspecified atom stereocenters. The highest BCUT2D eigenvalue weighted by Gasteiger charge is 2.43. The van der Waals surface area contributed by atoms with Crippen LogP contribution in [0.5, 0.6) is 0 Å². The molecule has 3 rings (SSSR count). The second-order valence-corrected chi connectivity index (χ2v) is 10.9. The summed E-state index contributed by atoms with van der Waals surface area (Å²) in [5.41, 5.74) is 0.505. The van der Waals surface area contributed by atoms with E-state index in [9.17, 15) is 22.8 Å². The van der Waals surface area contributed by atoms with Crippen LogP contribution in [0.3, 0.4) is 0 Å². The normalized spacial score (nSPS) is 15.6. The Kier molecular flexibility index (Phi) is 6.92. The van der Waals surface area contributed by atoms with Gasteiger partial charge < -0.3 is 10.2 Å². The molecule has 176 valence electrons. The molecule has 1 aliphatic heterocycles. The molecule has 1 N–H and O–H groups in total. The van der Waals surface area contributed by atoms with Gasteiger partial charge in [0.1, 0.15) is 17.5 Å². The summed E-state index contributed by atoms with van der Waals surface area (Å²) in [7, 11) is -4.13. The molecule has 33 heavy (non-hydrogen) atoms. The number of nitrogens with zero attached hydrogens (tertiary/aromatic N) is 2. The lowest BCUT2D eigenvalue weighted by atomic mass is 10.1. The topological polar surface area (TPSA) is 104 Å². The summed E-state index contributed by atoms with van der Waals surface area (Å²) in [5.74, 6) is -1.72. The third-order valence-corrected chi connectivity index (χ3v) is 7.13. The van der Waals surface area contributed by atoms with Gasteiger partial charge in [-0.2, -0.15) is 0 Å². The van der Waals surface area contributed by atoms with Crippen LogP contribution in [-0.2, 0) is 26.0 Å². The highest BCUT2D eigenvalue weighted by molar-refractivity contribution is 7.90. The Morgan fingerprint density at radius 2 is 1.64 bits per heavy atom. The van der Waals surface area contributed by atoms with Gasteiger partial charge in [-0.1, -0.05) is 42.5 Å². The number of fused-ring (bicyclic) bond motifs is 1. The molecule has 1 atom stereocenters. The molecule has 1 heterocycles. The van der Waals surface area contributed by atoms with E-state index >= 15 is 0 Å². The second kappa shape index (κ2) is 9.35. The van der Waals surface area contributed by atoms with E-state index in [1.807, 2.05) is 51.1 Å². The minimum absolute atomic E-state index is 0.0414. The number of hydrogen-bond acceptors (Lipinski definition) is 5.